The Morgan fingerprint density at radius 2 is 1.87 bits per heavy atom. The molecule has 31 heavy (non-hydrogen) atoms. The van der Waals surface area contributed by atoms with Crippen molar-refractivity contribution in [3.8, 4) is 0 Å². The van der Waals surface area contributed by atoms with Crippen LogP contribution in [-0.2, 0) is 11.2 Å². The maximum atomic E-state index is 12.8. The zero-order valence-electron chi connectivity index (χ0n) is 18.0. The van der Waals surface area contributed by atoms with Gasteiger partial charge in [0.05, 0.1) is 5.25 Å². The van der Waals surface area contributed by atoms with Crippen molar-refractivity contribution in [1.29, 1.82) is 0 Å². The normalized spacial score (nSPS) is 12.4. The molecule has 2 heterocycles. The molecule has 164 valence electrons. The van der Waals surface area contributed by atoms with E-state index in [0.717, 1.165) is 22.4 Å². The van der Waals surface area contributed by atoms with E-state index in [1.807, 2.05) is 33.8 Å². The molecule has 1 aromatic carbocycles. The molecule has 3 rings (SSSR count). The lowest BCUT2D eigenvalue weighted by atomic mass is 9.95. The van der Waals surface area contributed by atoms with Gasteiger partial charge >= 0.3 is 0 Å². The van der Waals surface area contributed by atoms with Gasteiger partial charge in [0.1, 0.15) is 0 Å². The Morgan fingerprint density at radius 3 is 2.52 bits per heavy atom. The molecule has 0 saturated carbocycles. The van der Waals surface area contributed by atoms with Crippen molar-refractivity contribution in [2.75, 3.05) is 17.2 Å². The molecule has 6 nitrogen and oxygen atoms in total. The predicted molar refractivity (Wildman–Crippen MR) is 131 cm³/mol. The molecule has 2 N–H and O–H groups in total. The van der Waals surface area contributed by atoms with Gasteiger partial charge in [-0.1, -0.05) is 49.9 Å². The van der Waals surface area contributed by atoms with E-state index in [-0.39, 0.29) is 16.9 Å². The first-order valence-corrected chi connectivity index (χ1v) is 12.5. The number of carbonyl (C=O) groups is 2. The lowest BCUT2D eigenvalue weighted by molar-refractivity contribution is -0.123. The Balaban J connectivity index is 1.51. The second-order valence-electron chi connectivity index (χ2n) is 8.04. The third-order valence-corrected chi connectivity index (χ3v) is 7.39. The van der Waals surface area contributed by atoms with Crippen molar-refractivity contribution in [2.45, 2.75) is 43.7 Å². The number of hydrogen-bond acceptors (Lipinski definition) is 8. The van der Waals surface area contributed by atoms with Crippen molar-refractivity contribution < 1.29 is 9.59 Å². The van der Waals surface area contributed by atoms with E-state index in [9.17, 15) is 9.59 Å². The van der Waals surface area contributed by atoms with Crippen LogP contribution in [-0.4, -0.2) is 33.7 Å². The number of benzene rings is 1. The molecule has 1 amide bonds. The fourth-order valence-corrected chi connectivity index (χ4v) is 5.26. The number of thiophene rings is 1. The summed E-state index contributed by atoms with van der Waals surface area (Å²) in [5.74, 6) is -0.0484. The summed E-state index contributed by atoms with van der Waals surface area (Å²) in [6.07, 6.45) is 0.945. The molecular weight excluding hydrogens is 448 g/mol. The van der Waals surface area contributed by atoms with Gasteiger partial charge < -0.3 is 10.6 Å². The summed E-state index contributed by atoms with van der Waals surface area (Å²) < 4.78 is 0.758. The summed E-state index contributed by atoms with van der Waals surface area (Å²) in [6, 6.07) is 11.2. The van der Waals surface area contributed by atoms with Crippen molar-refractivity contribution in [1.82, 2.24) is 10.2 Å². The molecule has 3 aromatic rings. The second kappa shape index (κ2) is 10.4. The Morgan fingerprint density at radius 1 is 1.13 bits per heavy atom. The monoisotopic (exact) mass is 474 g/mol. The second-order valence-corrected chi connectivity index (χ2v) is 11.6. The number of hydrogen-bond donors (Lipinski definition) is 2. The number of rotatable bonds is 9. The highest BCUT2D eigenvalue weighted by atomic mass is 32.2. The summed E-state index contributed by atoms with van der Waals surface area (Å²) in [5.41, 5.74) is 0.811. The van der Waals surface area contributed by atoms with Gasteiger partial charge in [0.15, 0.2) is 10.1 Å². The molecule has 0 bridgehead atoms. The van der Waals surface area contributed by atoms with Crippen LogP contribution in [0.1, 0.15) is 42.9 Å². The molecule has 0 saturated heterocycles. The van der Waals surface area contributed by atoms with Gasteiger partial charge in [-0.2, -0.15) is 0 Å². The van der Waals surface area contributed by atoms with E-state index in [4.69, 9.17) is 0 Å². The number of amides is 1. The van der Waals surface area contributed by atoms with Gasteiger partial charge in [0, 0.05) is 28.1 Å². The number of carbonyl (C=O) groups excluding carboxylic acids is 2. The van der Waals surface area contributed by atoms with Gasteiger partial charge in [-0.15, -0.1) is 21.5 Å². The van der Waals surface area contributed by atoms with E-state index in [0.29, 0.717) is 11.3 Å². The molecule has 9 heteroatoms. The zero-order valence-corrected chi connectivity index (χ0v) is 20.4. The van der Waals surface area contributed by atoms with Crippen LogP contribution in [0.3, 0.4) is 0 Å². The van der Waals surface area contributed by atoms with Crippen molar-refractivity contribution >= 4 is 56.9 Å². The highest BCUT2D eigenvalue weighted by Gasteiger charge is 2.22. The first-order valence-electron chi connectivity index (χ1n) is 9.94. The molecule has 0 radical (unpaired) electrons. The third-order valence-electron chi connectivity index (χ3n) is 4.39. The van der Waals surface area contributed by atoms with Crippen LogP contribution in [0.25, 0.3) is 0 Å². The number of aromatic nitrogens is 2. The van der Waals surface area contributed by atoms with Crippen LogP contribution in [0, 0.1) is 5.41 Å². The molecule has 1 atom stereocenters. The van der Waals surface area contributed by atoms with E-state index in [1.54, 1.807) is 35.6 Å². The summed E-state index contributed by atoms with van der Waals surface area (Å²) >= 11 is 4.60. The largest absolute Gasteiger partial charge is 0.360 e. The first kappa shape index (κ1) is 23.4. The smallest absolute Gasteiger partial charge is 0.229 e. The minimum atomic E-state index is -0.473. The highest BCUT2D eigenvalue weighted by molar-refractivity contribution is 8.02. The van der Waals surface area contributed by atoms with E-state index >= 15 is 0 Å². The number of nitrogens with zero attached hydrogens (tertiary/aromatic N) is 2. The number of ketones is 1. The highest BCUT2D eigenvalue weighted by Crippen LogP contribution is 2.30. The minimum Gasteiger partial charge on any atom is -0.360 e. The van der Waals surface area contributed by atoms with Crippen LogP contribution in [0.4, 0.5) is 10.8 Å². The van der Waals surface area contributed by atoms with Gasteiger partial charge in [0.25, 0.3) is 0 Å². The minimum absolute atomic E-state index is 0.0149. The summed E-state index contributed by atoms with van der Waals surface area (Å²) in [4.78, 5) is 26.2. The Labute approximate surface area is 194 Å². The molecule has 0 aliphatic rings. The quantitative estimate of drug-likeness (QED) is 0.310. The standard InChI is InChI=1S/C22H26N4O2S3/c1-14(18(27)15-7-9-16(10-8-15)24-19(28)22(2,3)4)30-21-26-25-20(31-21)23-12-11-17-6-5-13-29-17/h5-10,13-14H,11-12H2,1-4H3,(H,23,25)(H,24,28). The Bertz CT molecular complexity index is 1010. The topological polar surface area (TPSA) is 84.0 Å². The maximum absolute atomic E-state index is 12.8. The van der Waals surface area contributed by atoms with Crippen LogP contribution < -0.4 is 10.6 Å². The van der Waals surface area contributed by atoms with E-state index in [1.165, 1.54) is 28.0 Å². The lowest BCUT2D eigenvalue weighted by Crippen LogP contribution is -2.27. The van der Waals surface area contributed by atoms with Gasteiger partial charge in [-0.25, -0.2) is 0 Å². The molecule has 1 unspecified atom stereocenters. The van der Waals surface area contributed by atoms with E-state index in [2.05, 4.69) is 32.3 Å². The Hall–Kier alpha value is -2.23. The van der Waals surface area contributed by atoms with Crippen LogP contribution in [0.2, 0.25) is 0 Å². The molecule has 0 aliphatic carbocycles. The van der Waals surface area contributed by atoms with Crippen LogP contribution in [0.5, 0.6) is 0 Å². The number of anilines is 2. The van der Waals surface area contributed by atoms with Crippen molar-refractivity contribution in [3.05, 3.63) is 52.2 Å². The molecular formula is C22H26N4O2S3. The predicted octanol–water partition coefficient (Wildman–Crippen LogP) is 5.60. The average molecular weight is 475 g/mol. The molecule has 0 spiro atoms. The maximum Gasteiger partial charge on any atom is 0.229 e. The third kappa shape index (κ3) is 6.88. The number of Topliss-reactive ketones (excluding diaryl/α,β-unsaturated/α-hetero) is 1. The molecule has 0 fully saturated rings. The van der Waals surface area contributed by atoms with Crippen LogP contribution in [0.15, 0.2) is 46.1 Å². The lowest BCUT2D eigenvalue weighted by Gasteiger charge is -2.17. The fraction of sp³-hybridized carbons (Fsp3) is 0.364. The summed E-state index contributed by atoms with van der Waals surface area (Å²) in [6.45, 7) is 8.24. The number of nitrogens with one attached hydrogen (secondary N) is 2. The Kier molecular flexibility index (Phi) is 7.85. The molecule has 2 aromatic heterocycles. The van der Waals surface area contributed by atoms with Gasteiger partial charge in [0.2, 0.25) is 11.0 Å². The SMILES string of the molecule is CC(Sc1nnc(NCCc2cccs2)s1)C(=O)c1ccc(NC(=O)C(C)(C)C)cc1. The van der Waals surface area contributed by atoms with Gasteiger partial charge in [-0.3, -0.25) is 9.59 Å². The summed E-state index contributed by atoms with van der Waals surface area (Å²) in [5, 5.41) is 17.1. The van der Waals surface area contributed by atoms with E-state index < -0.39 is 5.41 Å². The summed E-state index contributed by atoms with van der Waals surface area (Å²) in [7, 11) is 0. The van der Waals surface area contributed by atoms with Crippen molar-refractivity contribution in [2.24, 2.45) is 5.41 Å². The van der Waals surface area contributed by atoms with Crippen LogP contribution >= 0.6 is 34.4 Å². The fourth-order valence-electron chi connectivity index (χ4n) is 2.55. The molecule has 0 aliphatic heterocycles. The number of thioether (sulfide) groups is 1. The van der Waals surface area contributed by atoms with Crippen molar-refractivity contribution in [3.63, 3.8) is 0 Å². The average Bonchev–Trinajstić information content (AvgIpc) is 3.39. The first-order chi connectivity index (χ1) is 14.7. The zero-order chi connectivity index (χ0) is 22.4. The van der Waals surface area contributed by atoms with Gasteiger partial charge in [-0.05, 0) is 49.1 Å².